The molecule has 2 aromatic carbocycles. The summed E-state index contributed by atoms with van der Waals surface area (Å²) in [7, 11) is -2.05. The van der Waals surface area contributed by atoms with Crippen molar-refractivity contribution >= 4 is 21.6 Å². The van der Waals surface area contributed by atoms with Crippen LogP contribution in [0.4, 0.5) is 4.39 Å². The number of aromatic nitrogens is 2. The minimum atomic E-state index is -3.70. The van der Waals surface area contributed by atoms with E-state index in [9.17, 15) is 12.8 Å². The first-order valence-electron chi connectivity index (χ1n) is 11.7. The summed E-state index contributed by atoms with van der Waals surface area (Å²) in [5.41, 5.74) is 3.25. The first-order chi connectivity index (χ1) is 16.8. The highest BCUT2D eigenvalue weighted by Crippen LogP contribution is 2.42. The lowest BCUT2D eigenvalue weighted by molar-refractivity contribution is 0.106. The van der Waals surface area contributed by atoms with Gasteiger partial charge in [0.1, 0.15) is 11.5 Å². The van der Waals surface area contributed by atoms with Gasteiger partial charge in [-0.25, -0.2) is 17.5 Å². The monoisotopic (exact) mass is 518 g/mol. The lowest BCUT2D eigenvalue weighted by atomic mass is 9.89. The quantitative estimate of drug-likeness (QED) is 0.439. The van der Waals surface area contributed by atoms with Crippen LogP contribution in [0.5, 0.6) is 5.75 Å². The molecular formula is C25H28ClFN4O3S. The normalized spacial score (nSPS) is 20.0. The maximum atomic E-state index is 14.9. The van der Waals surface area contributed by atoms with Crippen LogP contribution in [-0.2, 0) is 29.9 Å². The highest BCUT2D eigenvalue weighted by Gasteiger charge is 2.39. The van der Waals surface area contributed by atoms with Gasteiger partial charge in [-0.1, -0.05) is 23.7 Å². The Morgan fingerprint density at radius 3 is 2.77 bits per heavy atom. The molecule has 1 fully saturated rings. The Morgan fingerprint density at radius 1 is 1.26 bits per heavy atom. The molecule has 0 radical (unpaired) electrons. The van der Waals surface area contributed by atoms with Crippen molar-refractivity contribution in [3.05, 3.63) is 76.3 Å². The van der Waals surface area contributed by atoms with Crippen LogP contribution < -0.4 is 9.46 Å². The van der Waals surface area contributed by atoms with Crippen LogP contribution >= 0.6 is 11.6 Å². The maximum absolute atomic E-state index is 14.9. The fourth-order valence-electron chi connectivity index (χ4n) is 5.00. The summed E-state index contributed by atoms with van der Waals surface area (Å²) in [5, 5.41) is 4.59. The molecule has 2 atom stereocenters. The fraction of sp³-hybridized carbons (Fsp3) is 0.400. The van der Waals surface area contributed by atoms with Gasteiger partial charge in [-0.05, 0) is 73.3 Å². The van der Waals surface area contributed by atoms with E-state index in [1.807, 2.05) is 18.2 Å². The van der Waals surface area contributed by atoms with Crippen LogP contribution in [0.3, 0.4) is 0 Å². The second-order valence-corrected chi connectivity index (χ2v) is 11.4. The van der Waals surface area contributed by atoms with Gasteiger partial charge in [0.2, 0.25) is 10.0 Å². The lowest BCUT2D eigenvalue weighted by Crippen LogP contribution is -2.47. The Kier molecular flexibility index (Phi) is 6.85. The lowest BCUT2D eigenvalue weighted by Gasteiger charge is -2.39. The van der Waals surface area contributed by atoms with Crippen LogP contribution in [0.25, 0.3) is 0 Å². The summed E-state index contributed by atoms with van der Waals surface area (Å²) >= 11 is 6.22. The topological polar surface area (TPSA) is 76.5 Å². The predicted octanol–water partition coefficient (Wildman–Crippen LogP) is 3.53. The van der Waals surface area contributed by atoms with Crippen molar-refractivity contribution in [2.24, 2.45) is 7.05 Å². The van der Waals surface area contributed by atoms with E-state index in [0.29, 0.717) is 11.1 Å². The van der Waals surface area contributed by atoms with Crippen molar-refractivity contribution in [2.75, 3.05) is 26.2 Å². The summed E-state index contributed by atoms with van der Waals surface area (Å²) in [6.45, 7) is 2.14. The molecule has 2 unspecified atom stereocenters. The molecule has 35 heavy (non-hydrogen) atoms. The number of hydrogen-bond acceptors (Lipinski definition) is 5. The van der Waals surface area contributed by atoms with Gasteiger partial charge < -0.3 is 4.74 Å². The van der Waals surface area contributed by atoms with E-state index < -0.39 is 15.8 Å². The highest BCUT2D eigenvalue weighted by atomic mass is 35.5. The van der Waals surface area contributed by atoms with E-state index in [4.69, 9.17) is 16.3 Å². The van der Waals surface area contributed by atoms with Gasteiger partial charge in [-0.2, -0.15) is 5.10 Å². The van der Waals surface area contributed by atoms with E-state index in [-0.39, 0.29) is 29.7 Å². The number of hydrogen-bond donors (Lipinski definition) is 1. The maximum Gasteiger partial charge on any atom is 0.243 e. The van der Waals surface area contributed by atoms with E-state index in [2.05, 4.69) is 20.8 Å². The molecule has 3 aromatic rings. The first kappa shape index (κ1) is 24.2. The summed E-state index contributed by atoms with van der Waals surface area (Å²) in [5.74, 6) is -0.0786. The predicted molar refractivity (Wildman–Crippen MR) is 132 cm³/mol. The Bertz CT molecular complexity index is 1330. The number of ether oxygens (including phenoxy) is 1. The highest BCUT2D eigenvalue weighted by molar-refractivity contribution is 7.89. The van der Waals surface area contributed by atoms with Crippen LogP contribution in [0.2, 0.25) is 5.02 Å². The van der Waals surface area contributed by atoms with Gasteiger partial charge in [0, 0.05) is 36.8 Å². The van der Waals surface area contributed by atoms with Gasteiger partial charge in [0.05, 0.1) is 6.20 Å². The van der Waals surface area contributed by atoms with Crippen molar-refractivity contribution in [3.63, 3.8) is 0 Å². The van der Waals surface area contributed by atoms with Gasteiger partial charge in [0.15, 0.2) is 11.6 Å². The van der Waals surface area contributed by atoms with Gasteiger partial charge in [-0.15, -0.1) is 0 Å². The average molecular weight is 519 g/mol. The number of rotatable bonds is 9. The van der Waals surface area contributed by atoms with E-state index in [0.717, 1.165) is 42.6 Å². The van der Waals surface area contributed by atoms with Crippen molar-refractivity contribution in [3.8, 4) is 5.75 Å². The Balaban J connectivity index is 1.30. The number of fused-ring (bicyclic) bond motifs is 1. The number of benzene rings is 2. The fourth-order valence-corrected chi connectivity index (χ4v) is 6.20. The molecule has 1 N–H and O–H groups in total. The molecule has 1 aliphatic carbocycles. The number of sulfonamides is 1. The number of likely N-dealkylation sites (tertiary alicyclic amines) is 1. The van der Waals surface area contributed by atoms with Crippen molar-refractivity contribution in [1.82, 2.24) is 19.4 Å². The van der Waals surface area contributed by atoms with E-state index in [1.54, 1.807) is 19.2 Å². The first-order valence-corrected chi connectivity index (χ1v) is 13.6. The Morgan fingerprint density at radius 2 is 2.09 bits per heavy atom. The summed E-state index contributed by atoms with van der Waals surface area (Å²) in [6, 6.07) is 11.6. The summed E-state index contributed by atoms with van der Waals surface area (Å²) in [4.78, 5) is 2.55. The van der Waals surface area contributed by atoms with Crippen molar-refractivity contribution in [2.45, 2.75) is 36.1 Å². The van der Waals surface area contributed by atoms with Gasteiger partial charge in [0.25, 0.3) is 0 Å². The molecule has 1 saturated heterocycles. The van der Waals surface area contributed by atoms with Crippen LogP contribution in [0.15, 0.2) is 53.7 Å². The second-order valence-electron chi connectivity index (χ2n) is 9.18. The molecule has 10 heteroatoms. The molecule has 5 rings (SSSR count). The van der Waals surface area contributed by atoms with Crippen molar-refractivity contribution < 1.29 is 17.5 Å². The van der Waals surface area contributed by atoms with Crippen LogP contribution in [0, 0.1) is 5.82 Å². The molecular weight excluding hydrogens is 491 g/mol. The molecule has 0 spiro atoms. The zero-order valence-electron chi connectivity index (χ0n) is 19.5. The largest absolute Gasteiger partial charge is 0.489 e. The van der Waals surface area contributed by atoms with Crippen LogP contribution in [-0.4, -0.2) is 55.4 Å². The molecule has 0 saturated carbocycles. The minimum Gasteiger partial charge on any atom is -0.489 e. The Hall–Kier alpha value is -2.46. The summed E-state index contributed by atoms with van der Waals surface area (Å²) < 4.78 is 49.2. The third-order valence-electron chi connectivity index (χ3n) is 6.83. The SMILES string of the molecule is Cn1cc(S(=O)(=O)NCCOc2cc3c(cc2F)CC(N2CCC2)C3Cc2cccc(Cl)c2)cn1. The third-order valence-corrected chi connectivity index (χ3v) is 8.48. The molecule has 2 aliphatic rings. The zero-order chi connectivity index (χ0) is 24.6. The molecule has 186 valence electrons. The Labute approximate surface area is 209 Å². The van der Waals surface area contributed by atoms with Crippen LogP contribution in [0.1, 0.15) is 29.0 Å². The second kappa shape index (κ2) is 9.89. The van der Waals surface area contributed by atoms with E-state index >= 15 is 0 Å². The molecule has 1 aliphatic heterocycles. The summed E-state index contributed by atoms with van der Waals surface area (Å²) in [6.07, 6.45) is 5.50. The number of aryl methyl sites for hydroxylation is 1. The zero-order valence-corrected chi connectivity index (χ0v) is 21.0. The molecule has 2 heterocycles. The number of halogens is 2. The third kappa shape index (κ3) is 5.23. The standard InChI is InChI=1S/C25H28ClFN4O3S/c1-30-16-20(15-28-30)35(32,33)29-6-9-34-25-14-21-18(12-23(25)27)13-24(31-7-3-8-31)22(21)11-17-4-2-5-19(26)10-17/h2,4-5,10,12,14-16,22,24,29H,3,6-9,11,13H2,1H3. The smallest absolute Gasteiger partial charge is 0.243 e. The van der Waals surface area contributed by atoms with Gasteiger partial charge in [-0.3, -0.25) is 9.58 Å². The molecule has 7 nitrogen and oxygen atoms in total. The number of nitrogens with zero attached hydrogens (tertiary/aromatic N) is 3. The molecule has 0 amide bonds. The average Bonchev–Trinajstić information content (AvgIpc) is 3.35. The minimum absolute atomic E-state index is 0.00368. The molecule has 1 aromatic heterocycles. The van der Waals surface area contributed by atoms with E-state index in [1.165, 1.54) is 23.5 Å². The van der Waals surface area contributed by atoms with Crippen molar-refractivity contribution in [1.29, 1.82) is 0 Å². The molecule has 0 bridgehead atoms. The van der Waals surface area contributed by atoms with Gasteiger partial charge >= 0.3 is 0 Å². The number of nitrogens with one attached hydrogen (secondary N) is 1.